The van der Waals surface area contributed by atoms with E-state index in [0.29, 0.717) is 41.4 Å². The van der Waals surface area contributed by atoms with Crippen molar-refractivity contribution >= 4 is 11.6 Å². The molecule has 148 valence electrons. The van der Waals surface area contributed by atoms with E-state index < -0.39 is 0 Å². The van der Waals surface area contributed by atoms with Crippen molar-refractivity contribution in [1.82, 2.24) is 34.5 Å². The fraction of sp³-hybridized carbons (Fsp3) is 0.316. The van der Waals surface area contributed by atoms with Crippen molar-refractivity contribution in [3.63, 3.8) is 0 Å². The quantitative estimate of drug-likeness (QED) is 0.446. The van der Waals surface area contributed by atoms with Gasteiger partial charge in [0.05, 0.1) is 17.9 Å². The molecule has 0 bridgehead atoms. The smallest absolute Gasteiger partial charge is 0.278 e. The molecule has 1 aliphatic rings. The molecule has 0 saturated carbocycles. The molecule has 1 aromatic carbocycles. The minimum Gasteiger partial charge on any atom is -0.377 e. The Morgan fingerprint density at radius 3 is 2.90 bits per heavy atom. The van der Waals surface area contributed by atoms with Crippen LogP contribution in [0.2, 0.25) is 5.02 Å². The fourth-order valence-corrected chi connectivity index (χ4v) is 3.63. The van der Waals surface area contributed by atoms with Crippen LogP contribution in [-0.2, 0) is 17.9 Å². The van der Waals surface area contributed by atoms with Crippen molar-refractivity contribution in [2.45, 2.75) is 32.9 Å². The Kier molecular flexibility index (Phi) is 4.21. The van der Waals surface area contributed by atoms with Gasteiger partial charge in [-0.2, -0.15) is 4.98 Å². The molecule has 0 unspecified atom stereocenters. The van der Waals surface area contributed by atoms with Crippen LogP contribution in [0, 0.1) is 0 Å². The van der Waals surface area contributed by atoms with E-state index in [1.807, 2.05) is 41.2 Å². The number of ether oxygens (including phenoxy) is 1. The first-order valence-electron chi connectivity index (χ1n) is 9.18. The van der Waals surface area contributed by atoms with Crippen LogP contribution in [0.4, 0.5) is 0 Å². The molecule has 0 spiro atoms. The Hall–Kier alpha value is -3.04. The lowest BCUT2D eigenvalue weighted by atomic mass is 10.1. The molecule has 0 amide bonds. The second kappa shape index (κ2) is 6.78. The standard InChI is InChI=1S/C19H18ClN7O2/c1-10(2)17-22-19(29-25-17)16-14-7-26-15(8-28-3)23-24-18(26)12-6-11(20)4-5-13(12)27(14)9-21-16/h4-6,9-10H,7-8H2,1-3H3. The van der Waals surface area contributed by atoms with Crippen molar-refractivity contribution < 1.29 is 9.26 Å². The lowest BCUT2D eigenvalue weighted by Crippen LogP contribution is -2.09. The van der Waals surface area contributed by atoms with Gasteiger partial charge in [-0.1, -0.05) is 30.6 Å². The molecule has 9 nitrogen and oxygen atoms in total. The number of nitrogens with zero attached hydrogens (tertiary/aromatic N) is 7. The average molecular weight is 412 g/mol. The number of hydrogen-bond acceptors (Lipinski definition) is 7. The molecule has 29 heavy (non-hydrogen) atoms. The van der Waals surface area contributed by atoms with E-state index in [1.54, 1.807) is 13.4 Å². The van der Waals surface area contributed by atoms with Gasteiger partial charge in [0.2, 0.25) is 0 Å². The maximum Gasteiger partial charge on any atom is 0.278 e. The molecular formula is C19H18ClN7O2. The number of halogens is 1. The molecule has 0 saturated heterocycles. The number of hydrogen-bond donors (Lipinski definition) is 0. The van der Waals surface area contributed by atoms with Gasteiger partial charge in [0.15, 0.2) is 23.2 Å². The zero-order valence-corrected chi connectivity index (χ0v) is 16.9. The van der Waals surface area contributed by atoms with E-state index in [0.717, 1.165) is 22.8 Å². The van der Waals surface area contributed by atoms with Crippen LogP contribution >= 0.6 is 11.6 Å². The van der Waals surface area contributed by atoms with Crippen molar-refractivity contribution in [3.8, 4) is 28.7 Å². The largest absolute Gasteiger partial charge is 0.377 e. The van der Waals surface area contributed by atoms with Gasteiger partial charge in [-0.15, -0.1) is 10.2 Å². The summed E-state index contributed by atoms with van der Waals surface area (Å²) in [6, 6.07) is 5.67. The first kappa shape index (κ1) is 18.0. The van der Waals surface area contributed by atoms with E-state index in [1.165, 1.54) is 0 Å². The van der Waals surface area contributed by atoms with Crippen LogP contribution in [0.3, 0.4) is 0 Å². The summed E-state index contributed by atoms with van der Waals surface area (Å²) in [7, 11) is 1.63. The highest BCUT2D eigenvalue weighted by atomic mass is 35.5. The summed E-state index contributed by atoms with van der Waals surface area (Å²) in [5.41, 5.74) is 3.30. The molecule has 1 aliphatic heterocycles. The monoisotopic (exact) mass is 411 g/mol. The molecular weight excluding hydrogens is 394 g/mol. The lowest BCUT2D eigenvalue weighted by molar-refractivity contribution is 0.174. The van der Waals surface area contributed by atoms with Gasteiger partial charge in [0, 0.05) is 23.6 Å². The number of imidazole rings is 1. The van der Waals surface area contributed by atoms with Crippen LogP contribution in [0.1, 0.15) is 37.1 Å². The first-order valence-corrected chi connectivity index (χ1v) is 9.56. The third kappa shape index (κ3) is 2.85. The molecule has 0 radical (unpaired) electrons. The van der Waals surface area contributed by atoms with Crippen LogP contribution in [-0.4, -0.2) is 41.6 Å². The lowest BCUT2D eigenvalue weighted by Gasteiger charge is -2.08. The van der Waals surface area contributed by atoms with Gasteiger partial charge in [-0.05, 0) is 18.2 Å². The SMILES string of the molecule is COCc1nnc2n1Cc1c(-c3nc(C(C)C)no3)ncn1-c1ccc(Cl)cc1-2. The molecule has 0 fully saturated rings. The fourth-order valence-electron chi connectivity index (χ4n) is 3.46. The van der Waals surface area contributed by atoms with Crippen LogP contribution in [0.5, 0.6) is 0 Å². The van der Waals surface area contributed by atoms with Crippen LogP contribution in [0.25, 0.3) is 28.7 Å². The van der Waals surface area contributed by atoms with Gasteiger partial charge < -0.3 is 13.8 Å². The third-order valence-electron chi connectivity index (χ3n) is 4.89. The van der Waals surface area contributed by atoms with Crippen molar-refractivity contribution in [2.75, 3.05) is 7.11 Å². The first-order chi connectivity index (χ1) is 14.1. The maximum atomic E-state index is 6.28. The summed E-state index contributed by atoms with van der Waals surface area (Å²) in [6.07, 6.45) is 1.76. The summed E-state index contributed by atoms with van der Waals surface area (Å²) < 4.78 is 14.8. The zero-order chi connectivity index (χ0) is 20.1. The average Bonchev–Trinajstić information content (AvgIpc) is 3.40. The van der Waals surface area contributed by atoms with Crippen molar-refractivity contribution in [2.24, 2.45) is 0 Å². The minimum atomic E-state index is 0.161. The molecule has 5 rings (SSSR count). The normalized spacial score (nSPS) is 12.6. The molecule has 4 heterocycles. The predicted molar refractivity (Wildman–Crippen MR) is 105 cm³/mol. The van der Waals surface area contributed by atoms with E-state index in [9.17, 15) is 0 Å². The van der Waals surface area contributed by atoms with E-state index in [2.05, 4.69) is 25.3 Å². The van der Waals surface area contributed by atoms with Crippen LogP contribution < -0.4 is 0 Å². The summed E-state index contributed by atoms with van der Waals surface area (Å²) >= 11 is 6.28. The van der Waals surface area contributed by atoms with E-state index in [-0.39, 0.29) is 5.92 Å². The second-order valence-corrected chi connectivity index (χ2v) is 7.58. The maximum absolute atomic E-state index is 6.28. The van der Waals surface area contributed by atoms with Gasteiger partial charge >= 0.3 is 0 Å². The molecule has 4 aromatic rings. The predicted octanol–water partition coefficient (Wildman–Crippen LogP) is 3.47. The third-order valence-corrected chi connectivity index (χ3v) is 5.13. The number of rotatable bonds is 4. The Balaban J connectivity index is 1.74. The zero-order valence-electron chi connectivity index (χ0n) is 16.1. The summed E-state index contributed by atoms with van der Waals surface area (Å²) in [5, 5.41) is 13.4. The number of methoxy groups -OCH3 is 1. The van der Waals surface area contributed by atoms with Gasteiger partial charge in [-0.3, -0.25) is 4.57 Å². The Morgan fingerprint density at radius 2 is 2.14 bits per heavy atom. The molecule has 0 atom stereocenters. The Morgan fingerprint density at radius 1 is 1.28 bits per heavy atom. The highest BCUT2D eigenvalue weighted by molar-refractivity contribution is 6.31. The van der Waals surface area contributed by atoms with Gasteiger partial charge in [0.25, 0.3) is 5.89 Å². The summed E-state index contributed by atoms with van der Waals surface area (Å²) in [4.78, 5) is 9.11. The highest BCUT2D eigenvalue weighted by Crippen LogP contribution is 2.36. The molecule has 0 aliphatic carbocycles. The molecule has 0 N–H and O–H groups in total. The number of fused-ring (bicyclic) bond motifs is 5. The van der Waals surface area contributed by atoms with E-state index >= 15 is 0 Å². The van der Waals surface area contributed by atoms with Gasteiger partial charge in [-0.25, -0.2) is 4.98 Å². The summed E-state index contributed by atoms with van der Waals surface area (Å²) in [6.45, 7) is 4.85. The van der Waals surface area contributed by atoms with Crippen molar-refractivity contribution in [1.29, 1.82) is 0 Å². The number of aromatic nitrogens is 7. The van der Waals surface area contributed by atoms with E-state index in [4.69, 9.17) is 20.9 Å². The molecule has 10 heteroatoms. The second-order valence-electron chi connectivity index (χ2n) is 7.14. The minimum absolute atomic E-state index is 0.161. The van der Waals surface area contributed by atoms with Gasteiger partial charge in [0.1, 0.15) is 12.9 Å². The Bertz CT molecular complexity index is 1210. The van der Waals surface area contributed by atoms with Crippen molar-refractivity contribution in [3.05, 3.63) is 46.9 Å². The number of benzene rings is 1. The Labute approximate surface area is 171 Å². The highest BCUT2D eigenvalue weighted by Gasteiger charge is 2.28. The summed E-state index contributed by atoms with van der Waals surface area (Å²) in [5.74, 6) is 2.63. The topological polar surface area (TPSA) is 96.7 Å². The van der Waals surface area contributed by atoms with Crippen LogP contribution in [0.15, 0.2) is 29.0 Å². The molecule has 3 aromatic heterocycles.